The van der Waals surface area contributed by atoms with Gasteiger partial charge < -0.3 is 14.0 Å². The monoisotopic (exact) mass is 387 g/mol. The van der Waals surface area contributed by atoms with Gasteiger partial charge in [-0.3, -0.25) is 0 Å². The molecule has 0 spiro atoms. The number of nitrogens with zero attached hydrogens (tertiary/aromatic N) is 3. The summed E-state index contributed by atoms with van der Waals surface area (Å²) in [6.07, 6.45) is 7.90. The first-order valence-electron chi connectivity index (χ1n) is 9.89. The normalized spacial score (nSPS) is 11.9. The lowest BCUT2D eigenvalue weighted by Crippen LogP contribution is -2.16. The van der Waals surface area contributed by atoms with Gasteiger partial charge in [0.25, 0.3) is 0 Å². The number of esters is 2. The minimum absolute atomic E-state index is 0.241. The van der Waals surface area contributed by atoms with Crippen molar-refractivity contribution in [1.29, 1.82) is 0 Å². The summed E-state index contributed by atoms with van der Waals surface area (Å²) in [7, 11) is 0. The van der Waals surface area contributed by atoms with Crippen LogP contribution in [0.25, 0.3) is 0 Å². The Morgan fingerprint density at radius 2 is 1.79 bits per heavy atom. The second-order valence-corrected chi connectivity index (χ2v) is 6.49. The van der Waals surface area contributed by atoms with Crippen LogP contribution in [0.15, 0.2) is 24.8 Å². The summed E-state index contributed by atoms with van der Waals surface area (Å²) in [6.45, 7) is 8.77. The van der Waals surface area contributed by atoms with Crippen molar-refractivity contribution in [1.82, 2.24) is 14.5 Å². The fourth-order valence-electron chi connectivity index (χ4n) is 3.30. The molecule has 1 unspecified atom stereocenters. The van der Waals surface area contributed by atoms with Crippen molar-refractivity contribution < 1.29 is 19.1 Å². The molecular weight excluding hydrogens is 358 g/mol. The van der Waals surface area contributed by atoms with Gasteiger partial charge in [-0.25, -0.2) is 19.6 Å². The van der Waals surface area contributed by atoms with E-state index in [1.165, 1.54) is 0 Å². The molecule has 0 fully saturated rings. The van der Waals surface area contributed by atoms with Crippen LogP contribution in [0.4, 0.5) is 0 Å². The first-order valence-corrected chi connectivity index (χ1v) is 9.89. The van der Waals surface area contributed by atoms with Crippen LogP contribution in [-0.2, 0) is 16.0 Å². The third-order valence-electron chi connectivity index (χ3n) is 4.59. The molecule has 0 saturated heterocycles. The van der Waals surface area contributed by atoms with Crippen molar-refractivity contribution in [3.05, 3.63) is 47.3 Å². The molecule has 0 saturated carbocycles. The number of rotatable bonds is 10. The third kappa shape index (κ3) is 5.18. The lowest BCUT2D eigenvalue weighted by atomic mass is 9.88. The fourth-order valence-corrected chi connectivity index (χ4v) is 3.30. The molecular formula is C21H29N3O4. The highest BCUT2D eigenvalue weighted by molar-refractivity contribution is 5.89. The van der Waals surface area contributed by atoms with Crippen molar-refractivity contribution in [2.24, 2.45) is 0 Å². The van der Waals surface area contributed by atoms with Gasteiger partial charge in [-0.2, -0.15) is 0 Å². The maximum Gasteiger partial charge on any atom is 0.358 e. The van der Waals surface area contributed by atoms with Gasteiger partial charge in [-0.15, -0.1) is 0 Å². The zero-order valence-corrected chi connectivity index (χ0v) is 17.1. The van der Waals surface area contributed by atoms with E-state index < -0.39 is 11.9 Å². The molecule has 0 aliphatic heterocycles. The Morgan fingerprint density at radius 3 is 2.43 bits per heavy atom. The van der Waals surface area contributed by atoms with Gasteiger partial charge in [0.15, 0.2) is 11.4 Å². The Labute approximate surface area is 166 Å². The number of imidazole rings is 1. The number of hydrogen-bond acceptors (Lipinski definition) is 6. The summed E-state index contributed by atoms with van der Waals surface area (Å²) >= 11 is 0. The third-order valence-corrected chi connectivity index (χ3v) is 4.59. The van der Waals surface area contributed by atoms with Crippen LogP contribution in [0.1, 0.15) is 85.0 Å². The molecule has 152 valence electrons. The molecule has 2 heterocycles. The smallest absolute Gasteiger partial charge is 0.358 e. The van der Waals surface area contributed by atoms with E-state index >= 15 is 0 Å². The number of ether oxygens (including phenoxy) is 2. The van der Waals surface area contributed by atoms with E-state index in [1.54, 1.807) is 37.1 Å². The molecule has 0 bridgehead atoms. The summed E-state index contributed by atoms with van der Waals surface area (Å²) in [6, 6.07) is 1.98. The van der Waals surface area contributed by atoms with Crippen molar-refractivity contribution in [3.8, 4) is 0 Å². The van der Waals surface area contributed by atoms with E-state index in [9.17, 15) is 9.59 Å². The predicted octanol–water partition coefficient (Wildman–Crippen LogP) is 3.97. The summed E-state index contributed by atoms with van der Waals surface area (Å²) < 4.78 is 12.0. The van der Waals surface area contributed by atoms with Gasteiger partial charge >= 0.3 is 11.9 Å². The Balaban J connectivity index is 2.44. The molecule has 7 nitrogen and oxygen atoms in total. The number of carbonyl (C=O) groups excluding carboxylic acids is 2. The predicted molar refractivity (Wildman–Crippen MR) is 105 cm³/mol. The van der Waals surface area contributed by atoms with Crippen molar-refractivity contribution in [3.63, 3.8) is 0 Å². The van der Waals surface area contributed by atoms with E-state index in [0.29, 0.717) is 24.8 Å². The zero-order valence-electron chi connectivity index (χ0n) is 17.1. The fraction of sp³-hybridized carbons (Fsp3) is 0.524. The highest BCUT2D eigenvalue weighted by atomic mass is 16.5. The average molecular weight is 387 g/mol. The molecule has 2 rings (SSSR count). The van der Waals surface area contributed by atoms with Crippen LogP contribution < -0.4 is 0 Å². The van der Waals surface area contributed by atoms with Crippen LogP contribution in [0.2, 0.25) is 0 Å². The lowest BCUT2D eigenvalue weighted by molar-refractivity contribution is 0.0508. The van der Waals surface area contributed by atoms with Crippen molar-refractivity contribution in [2.75, 3.05) is 13.2 Å². The van der Waals surface area contributed by atoms with Crippen LogP contribution >= 0.6 is 0 Å². The standard InChI is InChI=1S/C21H29N3O4/c1-5-9-15(6-2)16-10-11-22-19(21(26)28-8-4)17(16)12-24-13-18(23-14-24)20(25)27-7-3/h10-11,13-15H,5-9,12H2,1-4H3. The molecule has 2 aromatic rings. The highest BCUT2D eigenvalue weighted by Crippen LogP contribution is 2.29. The molecule has 0 N–H and O–H groups in total. The van der Waals surface area contributed by atoms with Crippen LogP contribution in [-0.4, -0.2) is 39.7 Å². The Bertz CT molecular complexity index is 801. The van der Waals surface area contributed by atoms with Gasteiger partial charge in [0.05, 0.1) is 26.1 Å². The van der Waals surface area contributed by atoms with Crippen molar-refractivity contribution in [2.45, 2.75) is 59.4 Å². The second-order valence-electron chi connectivity index (χ2n) is 6.49. The number of carbonyl (C=O) groups is 2. The molecule has 2 aromatic heterocycles. The minimum Gasteiger partial charge on any atom is -0.461 e. The number of hydrogen-bond donors (Lipinski definition) is 0. The maximum atomic E-state index is 12.5. The zero-order chi connectivity index (χ0) is 20.5. The van der Waals surface area contributed by atoms with Crippen LogP contribution in [0, 0.1) is 0 Å². The maximum absolute atomic E-state index is 12.5. The molecule has 0 aliphatic carbocycles. The van der Waals surface area contributed by atoms with E-state index in [1.807, 2.05) is 6.07 Å². The van der Waals surface area contributed by atoms with Gasteiger partial charge in [-0.05, 0) is 44.2 Å². The van der Waals surface area contributed by atoms with E-state index in [-0.39, 0.29) is 12.3 Å². The van der Waals surface area contributed by atoms with Gasteiger partial charge in [-0.1, -0.05) is 20.3 Å². The average Bonchev–Trinajstić information content (AvgIpc) is 3.15. The molecule has 1 atom stereocenters. The molecule has 0 aliphatic rings. The van der Waals surface area contributed by atoms with Crippen LogP contribution in [0.3, 0.4) is 0 Å². The highest BCUT2D eigenvalue weighted by Gasteiger charge is 2.22. The Morgan fingerprint density at radius 1 is 1.07 bits per heavy atom. The van der Waals surface area contributed by atoms with Crippen molar-refractivity contribution >= 4 is 11.9 Å². The number of aromatic nitrogens is 3. The summed E-state index contributed by atoms with van der Waals surface area (Å²) in [5.41, 5.74) is 2.47. The van der Waals surface area contributed by atoms with Crippen LogP contribution in [0.5, 0.6) is 0 Å². The first-order chi connectivity index (χ1) is 13.5. The second kappa shape index (κ2) is 10.6. The largest absolute Gasteiger partial charge is 0.461 e. The topological polar surface area (TPSA) is 83.3 Å². The minimum atomic E-state index is -0.462. The Hall–Kier alpha value is -2.70. The number of pyridine rings is 1. The Kier molecular flexibility index (Phi) is 8.17. The molecule has 28 heavy (non-hydrogen) atoms. The molecule has 0 radical (unpaired) electrons. The molecule has 0 amide bonds. The SMILES string of the molecule is CCCC(CC)c1ccnc(C(=O)OCC)c1Cn1cnc(C(=O)OCC)c1. The van der Waals surface area contributed by atoms with Gasteiger partial charge in [0, 0.05) is 18.0 Å². The summed E-state index contributed by atoms with van der Waals surface area (Å²) in [5, 5.41) is 0. The summed E-state index contributed by atoms with van der Waals surface area (Å²) in [4.78, 5) is 32.8. The molecule has 7 heteroatoms. The van der Waals surface area contributed by atoms with E-state index in [2.05, 4.69) is 23.8 Å². The van der Waals surface area contributed by atoms with Gasteiger partial charge in [0.2, 0.25) is 0 Å². The van der Waals surface area contributed by atoms with E-state index in [4.69, 9.17) is 9.47 Å². The van der Waals surface area contributed by atoms with Gasteiger partial charge in [0.1, 0.15) is 0 Å². The quantitative estimate of drug-likeness (QED) is 0.574. The summed E-state index contributed by atoms with van der Waals surface area (Å²) in [5.74, 6) is -0.573. The molecule has 0 aromatic carbocycles. The first kappa shape index (κ1) is 21.6. The lowest BCUT2D eigenvalue weighted by Gasteiger charge is -2.20. The van der Waals surface area contributed by atoms with E-state index in [0.717, 1.165) is 30.4 Å².